The molecule has 0 unspecified atom stereocenters. The normalized spacial score (nSPS) is 25.7. The molecule has 4 heterocycles. The van der Waals surface area contributed by atoms with Crippen LogP contribution in [0.5, 0.6) is 0 Å². The van der Waals surface area contributed by atoms with Crippen LogP contribution in [0.25, 0.3) is 0 Å². The first-order valence-corrected chi connectivity index (χ1v) is 14.3. The van der Waals surface area contributed by atoms with Crippen LogP contribution in [0.3, 0.4) is 0 Å². The number of aliphatic hydroxyl groups is 2. The first kappa shape index (κ1) is 27.6. The highest BCUT2D eigenvalue weighted by molar-refractivity contribution is 6.07. The van der Waals surface area contributed by atoms with Crippen molar-refractivity contribution >= 4 is 23.2 Å². The van der Waals surface area contributed by atoms with Crippen LogP contribution >= 0.6 is 0 Å². The van der Waals surface area contributed by atoms with E-state index in [1.165, 1.54) is 0 Å². The van der Waals surface area contributed by atoms with Crippen LogP contribution in [-0.2, 0) is 39.4 Å². The minimum Gasteiger partial charge on any atom is -0.396 e. The molecule has 3 aliphatic heterocycles. The number of benzene rings is 2. The van der Waals surface area contributed by atoms with E-state index in [9.17, 15) is 19.8 Å². The lowest BCUT2D eigenvalue weighted by Gasteiger charge is -2.34. The number of nitrogens with zero attached hydrogens (tertiary/aromatic N) is 5. The van der Waals surface area contributed by atoms with E-state index in [2.05, 4.69) is 10.3 Å². The number of hydrogen-bond acceptors (Lipinski definition) is 7. The van der Waals surface area contributed by atoms with Gasteiger partial charge in [-0.2, -0.15) is 0 Å². The molecule has 41 heavy (non-hydrogen) atoms. The van der Waals surface area contributed by atoms with Gasteiger partial charge in [0.2, 0.25) is 5.91 Å². The fourth-order valence-corrected chi connectivity index (χ4v) is 6.99. The van der Waals surface area contributed by atoms with Gasteiger partial charge in [0.25, 0.3) is 5.91 Å². The summed E-state index contributed by atoms with van der Waals surface area (Å²) in [4.78, 5) is 30.1. The highest BCUT2D eigenvalue weighted by Gasteiger charge is 2.65. The van der Waals surface area contributed by atoms with Crippen molar-refractivity contribution in [1.29, 1.82) is 0 Å². The van der Waals surface area contributed by atoms with Crippen LogP contribution in [-0.4, -0.2) is 61.9 Å². The Balaban J connectivity index is 1.31. The van der Waals surface area contributed by atoms with E-state index in [1.54, 1.807) is 28.3 Å². The number of anilines is 2. The third-order valence-corrected chi connectivity index (χ3v) is 8.90. The number of rotatable bonds is 9. The summed E-state index contributed by atoms with van der Waals surface area (Å²) in [5.41, 5.74) is 1.76. The lowest BCUT2D eigenvalue weighted by molar-refractivity contribution is -0.146. The molecule has 216 valence electrons. The second-order valence-corrected chi connectivity index (χ2v) is 12.0. The van der Waals surface area contributed by atoms with Gasteiger partial charge in [-0.25, -0.2) is 0 Å². The number of β-lactam (4-membered cyclic amide) rings is 1. The topological polar surface area (TPSA) is 121 Å². The minimum absolute atomic E-state index is 0.00390. The van der Waals surface area contributed by atoms with Crippen molar-refractivity contribution in [1.82, 2.24) is 15.0 Å². The monoisotopic (exact) mass is 559 g/mol. The quantitative estimate of drug-likeness (QED) is 0.387. The molecule has 0 radical (unpaired) electrons. The van der Waals surface area contributed by atoms with Crippen molar-refractivity contribution in [3.8, 4) is 0 Å². The van der Waals surface area contributed by atoms with Crippen LogP contribution in [0.15, 0.2) is 54.7 Å². The van der Waals surface area contributed by atoms with Gasteiger partial charge in [0.1, 0.15) is 0 Å². The highest BCUT2D eigenvalue weighted by Crippen LogP contribution is 2.58. The molecule has 3 aromatic rings. The van der Waals surface area contributed by atoms with Gasteiger partial charge in [-0.1, -0.05) is 42.5 Å². The van der Waals surface area contributed by atoms with Gasteiger partial charge in [-0.05, 0) is 44.0 Å². The average Bonchev–Trinajstić information content (AvgIpc) is 3.57. The van der Waals surface area contributed by atoms with Crippen molar-refractivity contribution in [2.45, 2.75) is 70.4 Å². The molecule has 2 saturated heterocycles. The van der Waals surface area contributed by atoms with Crippen LogP contribution in [0.2, 0.25) is 0 Å². The molecule has 0 saturated carbocycles. The number of fused-ring (bicyclic) bond motifs is 2. The maximum Gasteiger partial charge on any atom is 0.264 e. The lowest BCUT2D eigenvalue weighted by Crippen LogP contribution is -2.46. The van der Waals surface area contributed by atoms with E-state index in [0.29, 0.717) is 44.6 Å². The van der Waals surface area contributed by atoms with Crippen LogP contribution < -0.4 is 9.80 Å². The number of amides is 2. The Morgan fingerprint density at radius 3 is 2.66 bits per heavy atom. The highest BCUT2D eigenvalue weighted by atomic mass is 16.5. The number of carbonyl (C=O) groups is 2. The predicted octanol–water partition coefficient (Wildman–Crippen LogP) is 2.80. The van der Waals surface area contributed by atoms with Crippen molar-refractivity contribution in [2.75, 3.05) is 23.0 Å². The summed E-state index contributed by atoms with van der Waals surface area (Å²) in [6.07, 6.45) is 2.93. The van der Waals surface area contributed by atoms with E-state index < -0.39 is 17.3 Å². The van der Waals surface area contributed by atoms with Gasteiger partial charge in [0.15, 0.2) is 5.60 Å². The lowest BCUT2D eigenvalue weighted by atomic mass is 9.71. The number of hydrogen-bond donors (Lipinski definition) is 2. The van der Waals surface area contributed by atoms with Gasteiger partial charge in [0.05, 0.1) is 29.6 Å². The fraction of sp³-hybridized carbons (Fsp3) is 0.484. The first-order valence-electron chi connectivity index (χ1n) is 14.3. The molecule has 4 atom stereocenters. The second-order valence-electron chi connectivity index (χ2n) is 12.0. The Morgan fingerprint density at radius 2 is 1.95 bits per heavy atom. The Bertz CT molecular complexity index is 1460. The summed E-state index contributed by atoms with van der Waals surface area (Å²) in [7, 11) is 0. The fourth-order valence-electron chi connectivity index (χ4n) is 6.99. The molecule has 10 heteroatoms. The first-order chi connectivity index (χ1) is 19.6. The van der Waals surface area contributed by atoms with Gasteiger partial charge in [0, 0.05) is 61.8 Å². The number of aryl methyl sites for hydroxylation is 1. The molecular formula is C31H37N5O5. The molecule has 1 aromatic heterocycles. The molecule has 2 amide bonds. The van der Waals surface area contributed by atoms with Crippen LogP contribution in [0, 0.1) is 11.8 Å². The number of aliphatic hydroxyl groups excluding tert-OH is 1. The Morgan fingerprint density at radius 1 is 1.15 bits per heavy atom. The number of ether oxygens (including phenoxy) is 1. The van der Waals surface area contributed by atoms with Gasteiger partial charge in [-0.15, -0.1) is 5.10 Å². The molecule has 2 fully saturated rings. The van der Waals surface area contributed by atoms with E-state index in [-0.39, 0.29) is 30.3 Å². The van der Waals surface area contributed by atoms with E-state index in [4.69, 9.17) is 4.74 Å². The average molecular weight is 560 g/mol. The van der Waals surface area contributed by atoms with E-state index in [1.807, 2.05) is 61.7 Å². The third-order valence-electron chi connectivity index (χ3n) is 8.90. The van der Waals surface area contributed by atoms with Crippen molar-refractivity contribution in [3.05, 3.63) is 71.5 Å². The summed E-state index contributed by atoms with van der Waals surface area (Å²) in [5.74, 6) is -0.659. The van der Waals surface area contributed by atoms with Crippen molar-refractivity contribution in [2.24, 2.45) is 11.8 Å². The smallest absolute Gasteiger partial charge is 0.264 e. The van der Waals surface area contributed by atoms with Crippen molar-refractivity contribution < 1.29 is 24.5 Å². The minimum atomic E-state index is -1.23. The van der Waals surface area contributed by atoms with E-state index in [0.717, 1.165) is 22.5 Å². The van der Waals surface area contributed by atoms with Crippen LogP contribution in [0.4, 0.5) is 11.4 Å². The second kappa shape index (κ2) is 10.3. The Kier molecular flexibility index (Phi) is 6.96. The maximum absolute atomic E-state index is 14.5. The largest absolute Gasteiger partial charge is 0.396 e. The summed E-state index contributed by atoms with van der Waals surface area (Å²) < 4.78 is 8.56. The summed E-state index contributed by atoms with van der Waals surface area (Å²) in [6.45, 7) is 7.12. The van der Waals surface area contributed by atoms with Crippen molar-refractivity contribution in [3.63, 3.8) is 0 Å². The molecule has 6 rings (SSSR count). The predicted molar refractivity (Wildman–Crippen MR) is 152 cm³/mol. The maximum atomic E-state index is 14.5. The Labute approximate surface area is 239 Å². The van der Waals surface area contributed by atoms with Gasteiger partial charge in [-0.3, -0.25) is 14.3 Å². The van der Waals surface area contributed by atoms with Gasteiger partial charge < -0.3 is 24.7 Å². The number of para-hydroxylation sites is 1. The SMILES string of the molecule is C[C@@H]1[C@@H](C(C)(C)O)[C@H](CCn2cc(CCO)nn2)O[C@@]12C(=O)N(Cc1cccc(N3CCC3=O)c1)c1ccccc12. The van der Waals surface area contributed by atoms with Gasteiger partial charge >= 0.3 is 0 Å². The molecule has 3 aliphatic rings. The Hall–Kier alpha value is -3.60. The summed E-state index contributed by atoms with van der Waals surface area (Å²) in [6, 6.07) is 15.5. The molecule has 0 bridgehead atoms. The number of aromatic nitrogens is 3. The zero-order valence-corrected chi connectivity index (χ0v) is 23.7. The molecule has 2 N–H and O–H groups in total. The van der Waals surface area contributed by atoms with Crippen LogP contribution in [0.1, 0.15) is 50.4 Å². The molecule has 0 aliphatic carbocycles. The molecule has 2 aromatic carbocycles. The standard InChI is InChI=1S/C31H37N5O5/c1-20-28(30(2,3)40)26(11-14-34-19-22(13-16-37)32-33-34)41-31(20)24-9-4-5-10-25(24)36(29(31)39)18-21-7-6-8-23(17-21)35-15-12-27(35)38/h4-10,17,19-20,26,28,37,40H,11-16,18H2,1-3H3/t20-,26+,28-,31+/m1/s1. The number of carbonyl (C=O) groups excluding carboxylic acids is 2. The van der Waals surface area contributed by atoms with E-state index >= 15 is 0 Å². The third kappa shape index (κ3) is 4.64. The molecular weight excluding hydrogens is 522 g/mol. The molecule has 10 nitrogen and oxygen atoms in total. The zero-order chi connectivity index (χ0) is 28.9. The summed E-state index contributed by atoms with van der Waals surface area (Å²) >= 11 is 0. The summed E-state index contributed by atoms with van der Waals surface area (Å²) in [5, 5.41) is 28.8. The molecule has 1 spiro atoms. The zero-order valence-electron chi connectivity index (χ0n) is 23.7.